The summed E-state index contributed by atoms with van der Waals surface area (Å²) in [5.74, 6) is 5.60. The summed E-state index contributed by atoms with van der Waals surface area (Å²) in [6.07, 6.45) is 0. The van der Waals surface area contributed by atoms with Crippen LogP contribution >= 0.6 is 38.6 Å². The number of nitrogens with one attached hydrogen (secondary N) is 1. The molecule has 2 rings (SSSR count). The average Bonchev–Trinajstić information content (AvgIpc) is 3.03. The minimum absolute atomic E-state index is 0.0858. The van der Waals surface area contributed by atoms with Gasteiger partial charge >= 0.3 is 0 Å². The van der Waals surface area contributed by atoms with Gasteiger partial charge in [0.25, 0.3) is 5.91 Å². The fourth-order valence-electron chi connectivity index (χ4n) is 1.37. The zero-order valence-corrected chi connectivity index (χ0v) is 13.1. The molecule has 2 heterocycles. The Morgan fingerprint density at radius 3 is 3.00 bits per heavy atom. The van der Waals surface area contributed by atoms with Crippen molar-refractivity contribution < 1.29 is 4.79 Å². The Morgan fingerprint density at radius 1 is 1.47 bits per heavy atom. The Morgan fingerprint density at radius 2 is 2.32 bits per heavy atom. The van der Waals surface area contributed by atoms with E-state index in [1.807, 2.05) is 11.4 Å². The Bertz CT molecular complexity index is 636. The van der Waals surface area contributed by atoms with Crippen LogP contribution in [0.3, 0.4) is 0 Å². The third-order valence-corrected chi connectivity index (χ3v) is 5.05. The van der Waals surface area contributed by atoms with Crippen molar-refractivity contribution in [3.05, 3.63) is 42.7 Å². The number of thiophene rings is 2. The molecule has 0 spiro atoms. The Labute approximate surface area is 128 Å². The third-order valence-electron chi connectivity index (χ3n) is 2.28. The van der Waals surface area contributed by atoms with Crippen molar-refractivity contribution in [3.8, 4) is 11.8 Å². The van der Waals surface area contributed by atoms with Crippen LogP contribution in [0.15, 0.2) is 27.4 Å². The highest BCUT2D eigenvalue weighted by Crippen LogP contribution is 2.22. The summed E-state index contributed by atoms with van der Waals surface area (Å²) in [5.41, 5.74) is 5.95. The lowest BCUT2D eigenvalue weighted by atomic mass is 10.3. The molecule has 0 aliphatic heterocycles. The molecule has 0 aliphatic carbocycles. The van der Waals surface area contributed by atoms with Crippen LogP contribution in [0.1, 0.15) is 20.1 Å². The summed E-state index contributed by atoms with van der Waals surface area (Å²) in [6, 6.07) is 3.75. The minimum Gasteiger partial charge on any atom is -0.347 e. The number of nitrogens with two attached hydrogens (primary N) is 1. The van der Waals surface area contributed by atoms with E-state index < -0.39 is 0 Å². The molecule has 6 heteroatoms. The maximum absolute atomic E-state index is 12.0. The van der Waals surface area contributed by atoms with E-state index in [-0.39, 0.29) is 5.91 Å². The predicted octanol–water partition coefficient (Wildman–Crippen LogP) is 2.81. The second-order valence-corrected chi connectivity index (χ2v) is 6.35. The Balaban J connectivity index is 1.96. The lowest BCUT2D eigenvalue weighted by Crippen LogP contribution is -2.21. The lowest BCUT2D eigenvalue weighted by molar-refractivity contribution is 0.0951. The van der Waals surface area contributed by atoms with Gasteiger partial charge in [0, 0.05) is 14.7 Å². The SMILES string of the molecule is NCC#Cc1cc(C(=O)NCc2sccc2Br)cs1. The van der Waals surface area contributed by atoms with E-state index in [0.29, 0.717) is 18.7 Å². The number of rotatable bonds is 3. The third kappa shape index (κ3) is 3.91. The number of amides is 1. The lowest BCUT2D eigenvalue weighted by Gasteiger charge is -2.02. The molecule has 0 saturated heterocycles. The van der Waals surface area contributed by atoms with Crippen LogP contribution in [0.2, 0.25) is 0 Å². The van der Waals surface area contributed by atoms with Gasteiger partial charge in [-0.15, -0.1) is 22.7 Å². The van der Waals surface area contributed by atoms with Gasteiger partial charge < -0.3 is 11.1 Å². The molecule has 0 bridgehead atoms. The van der Waals surface area contributed by atoms with E-state index >= 15 is 0 Å². The first-order valence-electron chi connectivity index (χ1n) is 5.48. The average molecular weight is 355 g/mol. The first-order valence-corrected chi connectivity index (χ1v) is 8.03. The van der Waals surface area contributed by atoms with Crippen LogP contribution in [-0.2, 0) is 6.54 Å². The van der Waals surface area contributed by atoms with Gasteiger partial charge in [0.15, 0.2) is 0 Å². The van der Waals surface area contributed by atoms with Gasteiger partial charge in [-0.2, -0.15) is 0 Å². The smallest absolute Gasteiger partial charge is 0.252 e. The molecular weight excluding hydrogens is 344 g/mol. The van der Waals surface area contributed by atoms with Gasteiger partial charge in [0.1, 0.15) is 0 Å². The van der Waals surface area contributed by atoms with Gasteiger partial charge in [-0.3, -0.25) is 4.79 Å². The highest BCUT2D eigenvalue weighted by atomic mass is 79.9. The molecule has 0 saturated carbocycles. The van der Waals surface area contributed by atoms with E-state index in [9.17, 15) is 4.79 Å². The van der Waals surface area contributed by atoms with Gasteiger partial charge in [-0.25, -0.2) is 0 Å². The summed E-state index contributed by atoms with van der Waals surface area (Å²) in [6.45, 7) is 0.850. The fourth-order valence-corrected chi connectivity index (χ4v) is 3.56. The van der Waals surface area contributed by atoms with Gasteiger partial charge in [-0.1, -0.05) is 11.8 Å². The Hall–Kier alpha value is -1.13. The maximum atomic E-state index is 12.0. The summed E-state index contributed by atoms with van der Waals surface area (Å²) in [5, 5.41) is 6.67. The molecule has 19 heavy (non-hydrogen) atoms. The molecule has 0 radical (unpaired) electrons. The molecule has 1 amide bonds. The predicted molar refractivity (Wildman–Crippen MR) is 83.4 cm³/mol. The molecule has 3 nitrogen and oxygen atoms in total. The zero-order valence-electron chi connectivity index (χ0n) is 9.90. The number of hydrogen-bond donors (Lipinski definition) is 2. The summed E-state index contributed by atoms with van der Waals surface area (Å²) in [7, 11) is 0. The molecule has 0 aliphatic rings. The highest BCUT2D eigenvalue weighted by molar-refractivity contribution is 9.10. The molecule has 0 atom stereocenters. The van der Waals surface area contributed by atoms with E-state index in [4.69, 9.17) is 5.73 Å². The molecule has 0 unspecified atom stereocenters. The van der Waals surface area contributed by atoms with Crippen molar-refractivity contribution in [3.63, 3.8) is 0 Å². The highest BCUT2D eigenvalue weighted by Gasteiger charge is 2.09. The molecule has 2 aromatic rings. The summed E-state index contributed by atoms with van der Waals surface area (Å²) in [4.78, 5) is 13.9. The molecule has 0 fully saturated rings. The summed E-state index contributed by atoms with van der Waals surface area (Å²) < 4.78 is 1.03. The van der Waals surface area contributed by atoms with Crippen LogP contribution < -0.4 is 11.1 Å². The van der Waals surface area contributed by atoms with Crippen molar-refractivity contribution in [2.45, 2.75) is 6.54 Å². The van der Waals surface area contributed by atoms with Gasteiger partial charge in [0.2, 0.25) is 0 Å². The normalized spacial score (nSPS) is 9.79. The van der Waals surface area contributed by atoms with Crippen molar-refractivity contribution >= 4 is 44.5 Å². The zero-order chi connectivity index (χ0) is 13.7. The quantitative estimate of drug-likeness (QED) is 0.832. The van der Waals surface area contributed by atoms with E-state index in [1.165, 1.54) is 11.3 Å². The van der Waals surface area contributed by atoms with E-state index in [0.717, 1.165) is 14.2 Å². The molecule has 98 valence electrons. The van der Waals surface area contributed by atoms with Gasteiger partial charge in [-0.05, 0) is 33.4 Å². The maximum Gasteiger partial charge on any atom is 0.252 e. The fraction of sp³-hybridized carbons (Fsp3) is 0.154. The number of carbonyl (C=O) groups excluding carboxylic acids is 1. The monoisotopic (exact) mass is 354 g/mol. The van der Waals surface area contributed by atoms with Crippen molar-refractivity contribution in [2.75, 3.05) is 6.54 Å². The number of hydrogen-bond acceptors (Lipinski definition) is 4. The van der Waals surface area contributed by atoms with Gasteiger partial charge in [0.05, 0.1) is 23.5 Å². The first-order chi connectivity index (χ1) is 9.20. The van der Waals surface area contributed by atoms with Crippen LogP contribution in [0.4, 0.5) is 0 Å². The van der Waals surface area contributed by atoms with E-state index in [1.54, 1.807) is 22.8 Å². The van der Waals surface area contributed by atoms with Crippen LogP contribution in [0, 0.1) is 11.8 Å². The largest absolute Gasteiger partial charge is 0.347 e. The minimum atomic E-state index is -0.0858. The van der Waals surface area contributed by atoms with Crippen LogP contribution in [0.5, 0.6) is 0 Å². The van der Waals surface area contributed by atoms with E-state index in [2.05, 4.69) is 33.1 Å². The molecule has 2 aromatic heterocycles. The number of carbonyl (C=O) groups is 1. The molecule has 3 N–H and O–H groups in total. The molecule has 0 aromatic carbocycles. The second-order valence-electron chi connectivity index (χ2n) is 3.58. The number of halogens is 1. The topological polar surface area (TPSA) is 55.1 Å². The molecular formula is C13H11BrN2OS2. The first kappa shape index (κ1) is 14.3. The summed E-state index contributed by atoms with van der Waals surface area (Å²) >= 11 is 6.49. The second kappa shape index (κ2) is 6.87. The van der Waals surface area contributed by atoms with Crippen LogP contribution in [0.25, 0.3) is 0 Å². The van der Waals surface area contributed by atoms with Crippen molar-refractivity contribution in [1.29, 1.82) is 0 Å². The standard InChI is InChI=1S/C13H11BrN2OS2/c14-11-3-5-18-12(11)7-16-13(17)9-6-10(19-8-9)2-1-4-15/h3,5-6,8H,4,7,15H2,(H,16,17). The van der Waals surface area contributed by atoms with Crippen molar-refractivity contribution in [1.82, 2.24) is 5.32 Å². The Kier molecular flexibility index (Phi) is 5.16. The van der Waals surface area contributed by atoms with Crippen molar-refractivity contribution in [2.24, 2.45) is 5.73 Å². The van der Waals surface area contributed by atoms with Crippen LogP contribution in [-0.4, -0.2) is 12.5 Å².